The number of unbranched alkanes of at least 4 members (excludes halogenated alkanes) is 9. The highest BCUT2D eigenvalue weighted by atomic mass is 127. The minimum atomic E-state index is -0.00186. The van der Waals surface area contributed by atoms with Crippen LogP contribution in [0.2, 0.25) is 0 Å². The van der Waals surface area contributed by atoms with Gasteiger partial charge in [0.1, 0.15) is 13.1 Å². The molecule has 0 atom stereocenters. The van der Waals surface area contributed by atoms with E-state index in [1.165, 1.54) is 57.8 Å². The number of hydrogen-bond donors (Lipinski definition) is 0. The number of rotatable bonds is 18. The first-order valence-corrected chi connectivity index (χ1v) is 13.7. The van der Waals surface area contributed by atoms with E-state index in [0.29, 0.717) is 18.9 Å². The van der Waals surface area contributed by atoms with Crippen LogP contribution in [0.1, 0.15) is 97.1 Å². The average Bonchev–Trinajstić information content (AvgIpc) is 2.86. The molecule has 0 unspecified atom stereocenters. The third-order valence-electron chi connectivity index (χ3n) is 6.41. The number of benzene rings is 1. The van der Waals surface area contributed by atoms with Crippen LogP contribution < -0.4 is 42.9 Å². The predicted molar refractivity (Wildman–Crippen MR) is 144 cm³/mol. The second-order valence-corrected chi connectivity index (χ2v) is 9.36. The number of amides is 1. The number of halogens is 1. The van der Waals surface area contributed by atoms with Gasteiger partial charge in [-0.2, -0.15) is 0 Å². The van der Waals surface area contributed by atoms with Crippen molar-refractivity contribution in [3.8, 4) is 11.5 Å². The molecule has 0 aliphatic carbocycles. The quantitative estimate of drug-likeness (QED) is 0.144. The van der Waals surface area contributed by atoms with Crippen molar-refractivity contribution in [2.24, 2.45) is 0 Å². The molecule has 1 amide bonds. The summed E-state index contributed by atoms with van der Waals surface area (Å²) in [5, 5.41) is 0. The number of carbonyl (C=O) groups is 1. The van der Waals surface area contributed by atoms with E-state index in [0.717, 1.165) is 36.5 Å². The topological polar surface area (TPSA) is 42.7 Å². The van der Waals surface area contributed by atoms with Crippen LogP contribution in [0.25, 0.3) is 0 Å². The number of pyridine rings is 1. The molecule has 0 saturated carbocycles. The Morgan fingerprint density at radius 1 is 0.861 bits per heavy atom. The molecule has 6 heteroatoms. The largest absolute Gasteiger partial charge is 1.00 e. The standard InChI is InChI=1S/C30H47N2O3.HI/c1-5-7-8-9-10-11-12-13-14-17-23-35-29-20-19-27(24-30(29)34-4)32(26(3)33)25-28-18-15-16-22-31(28)21-6-2;/h15-16,18-20,22,24H,5-14,17,21,23,25H2,1-4H3;1H/q+1;/p-1. The Balaban J connectivity index is 0.00000648. The summed E-state index contributed by atoms with van der Waals surface area (Å²) in [4.78, 5) is 14.3. The van der Waals surface area contributed by atoms with Crippen molar-refractivity contribution in [2.45, 2.75) is 104 Å². The van der Waals surface area contributed by atoms with Gasteiger partial charge in [0.25, 0.3) is 0 Å². The second-order valence-electron chi connectivity index (χ2n) is 9.36. The maximum Gasteiger partial charge on any atom is 0.224 e. The summed E-state index contributed by atoms with van der Waals surface area (Å²) in [5.74, 6) is 1.39. The lowest BCUT2D eigenvalue weighted by Crippen LogP contribution is -3.00. The molecule has 5 nitrogen and oxygen atoms in total. The van der Waals surface area contributed by atoms with E-state index in [1.54, 1.807) is 18.9 Å². The molecule has 2 aromatic rings. The fraction of sp³-hybridized carbons (Fsp3) is 0.600. The van der Waals surface area contributed by atoms with Gasteiger partial charge in [-0.15, -0.1) is 0 Å². The molecule has 0 bridgehead atoms. The van der Waals surface area contributed by atoms with E-state index in [-0.39, 0.29) is 29.9 Å². The van der Waals surface area contributed by atoms with E-state index >= 15 is 0 Å². The van der Waals surface area contributed by atoms with E-state index in [4.69, 9.17) is 9.47 Å². The van der Waals surface area contributed by atoms with Crippen molar-refractivity contribution in [1.29, 1.82) is 0 Å². The Morgan fingerprint density at radius 3 is 2.14 bits per heavy atom. The molecule has 1 aromatic heterocycles. The van der Waals surface area contributed by atoms with Crippen molar-refractivity contribution in [3.05, 3.63) is 48.3 Å². The maximum absolute atomic E-state index is 12.5. The van der Waals surface area contributed by atoms with Gasteiger partial charge < -0.3 is 38.4 Å². The molecule has 2 rings (SSSR count). The number of aromatic nitrogens is 1. The van der Waals surface area contributed by atoms with Crippen LogP contribution >= 0.6 is 0 Å². The number of ether oxygens (including phenoxy) is 2. The van der Waals surface area contributed by atoms with Crippen LogP contribution in [-0.2, 0) is 17.9 Å². The molecule has 1 heterocycles. The Hall–Kier alpha value is -1.83. The van der Waals surface area contributed by atoms with Gasteiger partial charge in [-0.25, -0.2) is 4.57 Å². The predicted octanol–water partition coefficient (Wildman–Crippen LogP) is 4.25. The van der Waals surface area contributed by atoms with Gasteiger partial charge in [-0.1, -0.05) is 77.7 Å². The molecular formula is C30H47IN2O3. The summed E-state index contributed by atoms with van der Waals surface area (Å²) in [5.41, 5.74) is 1.91. The molecule has 202 valence electrons. The van der Waals surface area contributed by atoms with Gasteiger partial charge in [0.15, 0.2) is 17.7 Å². The van der Waals surface area contributed by atoms with Crippen LogP contribution in [0.5, 0.6) is 11.5 Å². The van der Waals surface area contributed by atoms with E-state index in [2.05, 4.69) is 30.7 Å². The Labute approximate surface area is 236 Å². The average molecular weight is 611 g/mol. The molecule has 1 aromatic carbocycles. The highest BCUT2D eigenvalue weighted by molar-refractivity contribution is 5.91. The molecule has 0 radical (unpaired) electrons. The first-order valence-electron chi connectivity index (χ1n) is 13.7. The molecule has 0 N–H and O–H groups in total. The third-order valence-corrected chi connectivity index (χ3v) is 6.41. The lowest BCUT2D eigenvalue weighted by molar-refractivity contribution is -0.704. The smallest absolute Gasteiger partial charge is 0.224 e. The van der Waals surface area contributed by atoms with Gasteiger partial charge >= 0.3 is 0 Å². The van der Waals surface area contributed by atoms with E-state index in [1.807, 2.05) is 30.3 Å². The molecule has 0 aliphatic heterocycles. The zero-order chi connectivity index (χ0) is 25.3. The monoisotopic (exact) mass is 610 g/mol. The van der Waals surface area contributed by atoms with Crippen LogP contribution in [0, 0.1) is 0 Å². The highest BCUT2D eigenvalue weighted by Crippen LogP contribution is 2.32. The SMILES string of the molecule is CCCCCCCCCCCCOc1ccc(N(Cc2cccc[n+]2CCC)C(C)=O)cc1OC.[I-]. The molecule has 0 spiro atoms. The summed E-state index contributed by atoms with van der Waals surface area (Å²) in [6, 6.07) is 11.9. The summed E-state index contributed by atoms with van der Waals surface area (Å²) in [6.07, 6.45) is 16.2. The second kappa shape index (κ2) is 19.3. The van der Waals surface area contributed by atoms with Crippen molar-refractivity contribution >= 4 is 11.6 Å². The Morgan fingerprint density at radius 2 is 1.53 bits per heavy atom. The van der Waals surface area contributed by atoms with Gasteiger partial charge in [-0.05, 0) is 18.6 Å². The van der Waals surface area contributed by atoms with Gasteiger partial charge in [0, 0.05) is 37.2 Å². The molecule has 0 aliphatic rings. The van der Waals surface area contributed by atoms with Gasteiger partial charge in [-0.3, -0.25) is 4.79 Å². The number of anilines is 1. The minimum Gasteiger partial charge on any atom is -1.00 e. The zero-order valence-electron chi connectivity index (χ0n) is 22.9. The van der Waals surface area contributed by atoms with Crippen molar-refractivity contribution in [3.63, 3.8) is 0 Å². The lowest BCUT2D eigenvalue weighted by atomic mass is 10.1. The van der Waals surface area contributed by atoms with E-state index < -0.39 is 0 Å². The number of carbonyl (C=O) groups excluding carboxylic acids is 1. The summed E-state index contributed by atoms with van der Waals surface area (Å²) in [6.45, 7) is 8.15. The maximum atomic E-state index is 12.5. The van der Waals surface area contributed by atoms with Crippen LogP contribution in [0.3, 0.4) is 0 Å². The third kappa shape index (κ3) is 11.5. The normalized spacial score (nSPS) is 10.6. The minimum absolute atomic E-state index is 0. The molecule has 0 fully saturated rings. The Bertz CT molecular complexity index is 875. The number of nitrogens with zero attached hydrogens (tertiary/aromatic N) is 2. The Kier molecular flexibility index (Phi) is 17.3. The van der Waals surface area contributed by atoms with Crippen LogP contribution in [0.15, 0.2) is 42.6 Å². The fourth-order valence-corrected chi connectivity index (χ4v) is 4.38. The van der Waals surface area contributed by atoms with Gasteiger partial charge in [0.2, 0.25) is 11.6 Å². The fourth-order valence-electron chi connectivity index (χ4n) is 4.38. The highest BCUT2D eigenvalue weighted by Gasteiger charge is 2.20. The van der Waals surface area contributed by atoms with Crippen molar-refractivity contribution in [2.75, 3.05) is 18.6 Å². The molecule has 36 heavy (non-hydrogen) atoms. The molecule has 0 saturated heterocycles. The van der Waals surface area contributed by atoms with E-state index in [9.17, 15) is 4.79 Å². The number of aryl methyl sites for hydroxylation is 1. The number of hydrogen-bond acceptors (Lipinski definition) is 3. The van der Waals surface area contributed by atoms with Crippen molar-refractivity contribution in [1.82, 2.24) is 0 Å². The zero-order valence-corrected chi connectivity index (χ0v) is 25.1. The first kappa shape index (κ1) is 32.2. The van der Waals surface area contributed by atoms with Crippen molar-refractivity contribution < 1.29 is 42.8 Å². The first-order chi connectivity index (χ1) is 17.1. The molecular weight excluding hydrogens is 563 g/mol. The van der Waals surface area contributed by atoms with Crippen LogP contribution in [-0.4, -0.2) is 19.6 Å². The summed E-state index contributed by atoms with van der Waals surface area (Å²) < 4.78 is 13.8. The van der Waals surface area contributed by atoms with Crippen LogP contribution in [0.4, 0.5) is 5.69 Å². The number of methoxy groups -OCH3 is 1. The van der Waals surface area contributed by atoms with Gasteiger partial charge in [0.05, 0.1) is 13.7 Å². The summed E-state index contributed by atoms with van der Waals surface area (Å²) in [7, 11) is 1.65. The lowest BCUT2D eigenvalue weighted by Gasteiger charge is -2.22. The summed E-state index contributed by atoms with van der Waals surface area (Å²) >= 11 is 0.